The number of hydrogen-bond donors (Lipinski definition) is 0. The largest absolute Gasteiger partial charge is 0.469 e. The van der Waals surface area contributed by atoms with E-state index in [0.717, 1.165) is 59.6 Å². The second-order valence-corrected chi connectivity index (χ2v) is 9.77. The summed E-state index contributed by atoms with van der Waals surface area (Å²) in [5, 5.41) is 4.27. The van der Waals surface area contributed by atoms with E-state index in [2.05, 4.69) is 22.0 Å². The molecule has 3 heterocycles. The number of benzene rings is 2. The predicted octanol–water partition coefficient (Wildman–Crippen LogP) is 5.70. The van der Waals surface area contributed by atoms with Gasteiger partial charge in [-0.1, -0.05) is 29.1 Å². The maximum atomic E-state index is 11.3. The number of imidazole rings is 1. The van der Waals surface area contributed by atoms with Gasteiger partial charge in [0.25, 0.3) is 0 Å². The van der Waals surface area contributed by atoms with E-state index in [1.165, 1.54) is 7.11 Å². The highest BCUT2D eigenvalue weighted by Crippen LogP contribution is 2.25. The van der Waals surface area contributed by atoms with Gasteiger partial charge in [-0.15, -0.1) is 0 Å². The topological polar surface area (TPSA) is 88.6 Å². The first-order valence-electron chi connectivity index (χ1n) is 13.6. The van der Waals surface area contributed by atoms with Crippen LogP contribution in [0.15, 0.2) is 71.5 Å². The lowest BCUT2D eigenvalue weighted by atomic mass is 10.1. The van der Waals surface area contributed by atoms with Crippen LogP contribution >= 0.6 is 0 Å². The van der Waals surface area contributed by atoms with Crippen molar-refractivity contribution in [1.29, 1.82) is 0 Å². The molecule has 0 spiro atoms. The highest BCUT2D eigenvalue weighted by Gasteiger charge is 2.21. The SMILES string of the molecule is COC(=O)CCc1ccc(C#Cc2ccc(-c3cc(Cn4ccnc4C(C)OC4CCCCO4)no3)cc2)cc1. The van der Waals surface area contributed by atoms with Gasteiger partial charge in [0.15, 0.2) is 12.1 Å². The average molecular weight is 540 g/mol. The molecule has 1 aliphatic rings. The van der Waals surface area contributed by atoms with Gasteiger partial charge in [0, 0.05) is 48.2 Å². The van der Waals surface area contributed by atoms with Gasteiger partial charge < -0.3 is 23.3 Å². The lowest BCUT2D eigenvalue weighted by Gasteiger charge is -2.26. The van der Waals surface area contributed by atoms with E-state index in [4.69, 9.17) is 18.7 Å². The molecule has 8 heteroatoms. The van der Waals surface area contributed by atoms with E-state index in [-0.39, 0.29) is 18.4 Å². The van der Waals surface area contributed by atoms with Gasteiger partial charge in [0.2, 0.25) is 0 Å². The smallest absolute Gasteiger partial charge is 0.305 e. The number of carbonyl (C=O) groups excluding carboxylic acids is 1. The normalized spacial score (nSPS) is 15.7. The van der Waals surface area contributed by atoms with Gasteiger partial charge in [-0.25, -0.2) is 4.98 Å². The van der Waals surface area contributed by atoms with E-state index in [1.807, 2.05) is 72.3 Å². The molecule has 2 aromatic carbocycles. The summed E-state index contributed by atoms with van der Waals surface area (Å²) in [5.41, 5.74) is 4.62. The van der Waals surface area contributed by atoms with Crippen LogP contribution in [0.4, 0.5) is 0 Å². The molecule has 0 N–H and O–H groups in total. The van der Waals surface area contributed by atoms with Crippen LogP contribution in [0.2, 0.25) is 0 Å². The first-order chi connectivity index (χ1) is 19.6. The first kappa shape index (κ1) is 27.4. The second-order valence-electron chi connectivity index (χ2n) is 9.77. The number of rotatable bonds is 9. The van der Waals surface area contributed by atoms with Gasteiger partial charge >= 0.3 is 5.97 Å². The molecular formula is C32H33N3O5. The fraction of sp³-hybridized carbons (Fsp3) is 0.344. The van der Waals surface area contributed by atoms with E-state index < -0.39 is 0 Å². The van der Waals surface area contributed by atoms with E-state index >= 15 is 0 Å². The fourth-order valence-corrected chi connectivity index (χ4v) is 4.58. The lowest BCUT2D eigenvalue weighted by molar-refractivity contribution is -0.188. The van der Waals surface area contributed by atoms with Crippen LogP contribution in [0.5, 0.6) is 0 Å². The summed E-state index contributed by atoms with van der Waals surface area (Å²) in [4.78, 5) is 15.8. The van der Waals surface area contributed by atoms with Crippen molar-refractivity contribution in [3.8, 4) is 23.2 Å². The summed E-state index contributed by atoms with van der Waals surface area (Å²) >= 11 is 0. The van der Waals surface area contributed by atoms with Gasteiger partial charge in [-0.2, -0.15) is 0 Å². The van der Waals surface area contributed by atoms with Crippen molar-refractivity contribution in [1.82, 2.24) is 14.7 Å². The molecule has 1 aliphatic heterocycles. The lowest BCUT2D eigenvalue weighted by Crippen LogP contribution is -2.24. The second kappa shape index (κ2) is 13.2. The Kier molecular flexibility index (Phi) is 9.07. The number of hydrogen-bond acceptors (Lipinski definition) is 7. The predicted molar refractivity (Wildman–Crippen MR) is 149 cm³/mol. The highest BCUT2D eigenvalue weighted by molar-refractivity contribution is 5.69. The number of methoxy groups -OCH3 is 1. The molecule has 2 atom stereocenters. The van der Waals surface area contributed by atoms with E-state index in [0.29, 0.717) is 25.1 Å². The summed E-state index contributed by atoms with van der Waals surface area (Å²) in [6.45, 7) is 3.27. The quantitative estimate of drug-likeness (QED) is 0.199. The number of esters is 1. The number of ether oxygens (including phenoxy) is 3. The highest BCUT2D eigenvalue weighted by atomic mass is 16.7. The third kappa shape index (κ3) is 7.26. The Morgan fingerprint density at radius 2 is 1.85 bits per heavy atom. The van der Waals surface area contributed by atoms with Gasteiger partial charge in [-0.3, -0.25) is 4.79 Å². The summed E-state index contributed by atoms with van der Waals surface area (Å²) in [6.07, 6.45) is 7.47. The average Bonchev–Trinajstić information content (AvgIpc) is 3.66. The monoisotopic (exact) mass is 539 g/mol. The van der Waals surface area contributed by atoms with Gasteiger partial charge in [-0.05, 0) is 74.6 Å². The van der Waals surface area contributed by atoms with Crippen LogP contribution in [0.1, 0.15) is 66.9 Å². The van der Waals surface area contributed by atoms with Crippen LogP contribution < -0.4 is 0 Å². The zero-order chi connectivity index (χ0) is 27.7. The first-order valence-corrected chi connectivity index (χ1v) is 13.6. The van der Waals surface area contributed by atoms with Crippen LogP contribution in [0.3, 0.4) is 0 Å². The Morgan fingerprint density at radius 3 is 2.55 bits per heavy atom. The summed E-state index contributed by atoms with van der Waals surface area (Å²) in [5.74, 6) is 7.70. The standard InChI is InChI=1S/C32H33N3O5/c1-23(39-31-5-3-4-20-38-31)32-33-18-19-35(32)22-28-21-29(40-34-28)27-15-12-26(13-16-27)11-8-24-6-9-25(10-7-24)14-17-30(36)37-2/h6-7,9-10,12-13,15-16,18-19,21,23,31H,3-5,14,17,20,22H2,1-2H3. The molecule has 40 heavy (non-hydrogen) atoms. The molecule has 0 saturated carbocycles. The molecule has 0 aliphatic carbocycles. The molecule has 0 bridgehead atoms. The minimum atomic E-state index is -0.207. The van der Waals surface area contributed by atoms with Crippen molar-refractivity contribution in [3.05, 3.63) is 95.2 Å². The zero-order valence-electron chi connectivity index (χ0n) is 22.8. The van der Waals surface area contributed by atoms with Crippen LogP contribution in [-0.4, -0.2) is 40.7 Å². The molecule has 1 fully saturated rings. The molecule has 8 nitrogen and oxygen atoms in total. The Balaban J connectivity index is 1.18. The molecule has 1 saturated heterocycles. The summed E-state index contributed by atoms with van der Waals surface area (Å²) < 4.78 is 24.2. The third-order valence-electron chi connectivity index (χ3n) is 6.82. The van der Waals surface area contributed by atoms with Gasteiger partial charge in [0.1, 0.15) is 17.6 Å². The minimum absolute atomic E-state index is 0.176. The van der Waals surface area contributed by atoms with Crippen molar-refractivity contribution in [2.45, 2.75) is 58.0 Å². The molecule has 2 aromatic heterocycles. The van der Waals surface area contributed by atoms with Crippen molar-refractivity contribution in [3.63, 3.8) is 0 Å². The molecule has 4 aromatic rings. The van der Waals surface area contributed by atoms with Crippen molar-refractivity contribution >= 4 is 5.97 Å². The van der Waals surface area contributed by atoms with Crippen molar-refractivity contribution in [2.75, 3.05) is 13.7 Å². The van der Waals surface area contributed by atoms with Crippen LogP contribution in [-0.2, 0) is 32.0 Å². The van der Waals surface area contributed by atoms with E-state index in [1.54, 1.807) is 6.20 Å². The number of nitrogens with zero attached hydrogens (tertiary/aromatic N) is 3. The maximum absolute atomic E-state index is 11.3. The van der Waals surface area contributed by atoms with Crippen molar-refractivity contribution < 1.29 is 23.5 Å². The Labute approximate surface area is 234 Å². The number of aryl methyl sites for hydroxylation is 1. The molecule has 0 amide bonds. The Morgan fingerprint density at radius 1 is 1.10 bits per heavy atom. The molecule has 5 rings (SSSR count). The van der Waals surface area contributed by atoms with Crippen molar-refractivity contribution in [2.24, 2.45) is 0 Å². The van der Waals surface area contributed by atoms with Crippen LogP contribution in [0, 0.1) is 11.8 Å². The molecular weight excluding hydrogens is 506 g/mol. The number of aromatic nitrogens is 3. The van der Waals surface area contributed by atoms with E-state index in [9.17, 15) is 4.79 Å². The Bertz CT molecular complexity index is 1450. The Hall–Kier alpha value is -4.19. The van der Waals surface area contributed by atoms with Gasteiger partial charge in [0.05, 0.1) is 13.7 Å². The summed E-state index contributed by atoms with van der Waals surface area (Å²) in [6, 6.07) is 17.7. The summed E-state index contributed by atoms with van der Waals surface area (Å²) in [7, 11) is 1.40. The molecule has 2 unspecified atom stereocenters. The fourth-order valence-electron chi connectivity index (χ4n) is 4.58. The number of carbonyl (C=O) groups is 1. The van der Waals surface area contributed by atoms with Crippen LogP contribution in [0.25, 0.3) is 11.3 Å². The maximum Gasteiger partial charge on any atom is 0.305 e. The minimum Gasteiger partial charge on any atom is -0.469 e. The third-order valence-corrected chi connectivity index (χ3v) is 6.82. The zero-order valence-corrected chi connectivity index (χ0v) is 22.8. The molecule has 206 valence electrons. The molecule has 0 radical (unpaired) electrons.